The average molecular weight is 615 g/mol. The molecule has 1 aliphatic rings. The number of pyridine rings is 1. The van der Waals surface area contributed by atoms with Gasteiger partial charge in [0.1, 0.15) is 17.3 Å². The predicted molar refractivity (Wildman–Crippen MR) is 162 cm³/mol. The van der Waals surface area contributed by atoms with Crippen molar-refractivity contribution in [2.75, 3.05) is 41.7 Å². The van der Waals surface area contributed by atoms with Crippen LogP contribution in [-0.2, 0) is 14.8 Å². The summed E-state index contributed by atoms with van der Waals surface area (Å²) in [5.41, 5.74) is 1.69. The third-order valence-electron chi connectivity index (χ3n) is 6.97. The van der Waals surface area contributed by atoms with Crippen molar-refractivity contribution in [3.05, 3.63) is 66.2 Å². The van der Waals surface area contributed by atoms with Crippen molar-refractivity contribution >= 4 is 44.2 Å². The second-order valence-electron chi connectivity index (χ2n) is 9.99. The SMILES string of the molecule is COCCCS(=O)(=O)N(Cl)c1c(F)ccc2c(Oc3ncccc3-c3ccnc(N[C@H]4CCCNC4)n3)c(C)ccc12. The standard InChI is InChI=1S/C29H32ClFN6O4S/c1-19-8-9-21-22(10-11-24(31)26(21)37(30)42(38,39)17-5-16-40-2)27(19)41-28-23(7-4-14-33-28)25-12-15-34-29(36-25)35-20-6-3-13-32-18-20/h4,7-12,14-15,20,32H,3,5-6,13,16-18H2,1-2H3,(H,34,35,36)/t20-/m0/s1. The van der Waals surface area contributed by atoms with Gasteiger partial charge in [0.05, 0.1) is 17.0 Å². The van der Waals surface area contributed by atoms with Crippen molar-refractivity contribution in [2.45, 2.75) is 32.2 Å². The van der Waals surface area contributed by atoms with Crippen LogP contribution in [0.2, 0.25) is 0 Å². The van der Waals surface area contributed by atoms with Crippen LogP contribution in [0.1, 0.15) is 24.8 Å². The molecule has 0 bridgehead atoms. The van der Waals surface area contributed by atoms with Crippen LogP contribution in [0.4, 0.5) is 16.0 Å². The van der Waals surface area contributed by atoms with E-state index in [2.05, 4.69) is 20.6 Å². The molecule has 1 saturated heterocycles. The summed E-state index contributed by atoms with van der Waals surface area (Å²) >= 11 is 6.29. The Morgan fingerprint density at radius 2 is 1.98 bits per heavy atom. The molecule has 222 valence electrons. The Morgan fingerprint density at radius 1 is 1.14 bits per heavy atom. The summed E-state index contributed by atoms with van der Waals surface area (Å²) in [5, 5.41) is 7.50. The molecule has 0 amide bonds. The molecular formula is C29H32ClFN6O4S. The maximum Gasteiger partial charge on any atom is 0.249 e. The van der Waals surface area contributed by atoms with Gasteiger partial charge in [0, 0.05) is 61.2 Å². The first-order valence-electron chi connectivity index (χ1n) is 13.6. The Morgan fingerprint density at radius 3 is 2.76 bits per heavy atom. The van der Waals surface area contributed by atoms with Crippen LogP contribution in [0.5, 0.6) is 11.6 Å². The highest BCUT2D eigenvalue weighted by Crippen LogP contribution is 2.41. The third kappa shape index (κ3) is 6.57. The number of ether oxygens (including phenoxy) is 2. The summed E-state index contributed by atoms with van der Waals surface area (Å²) < 4.78 is 52.8. The zero-order valence-electron chi connectivity index (χ0n) is 23.3. The minimum absolute atomic E-state index is 0.210. The number of anilines is 2. The number of piperidine rings is 1. The summed E-state index contributed by atoms with van der Waals surface area (Å²) in [6.45, 7) is 3.91. The van der Waals surface area contributed by atoms with Crippen molar-refractivity contribution in [2.24, 2.45) is 0 Å². The van der Waals surface area contributed by atoms with Gasteiger partial charge in [-0.15, -0.1) is 0 Å². The van der Waals surface area contributed by atoms with Crippen molar-refractivity contribution in [1.82, 2.24) is 20.3 Å². The van der Waals surface area contributed by atoms with Crippen LogP contribution in [0.15, 0.2) is 54.9 Å². The molecule has 0 aliphatic carbocycles. The van der Waals surface area contributed by atoms with Gasteiger partial charge in [0.25, 0.3) is 0 Å². The lowest BCUT2D eigenvalue weighted by Crippen LogP contribution is -2.38. The Kier molecular flexibility index (Phi) is 9.37. The van der Waals surface area contributed by atoms with Crippen LogP contribution in [-0.4, -0.2) is 62.0 Å². The Hall–Kier alpha value is -3.58. The topological polar surface area (TPSA) is 119 Å². The van der Waals surface area contributed by atoms with E-state index in [-0.39, 0.29) is 41.8 Å². The molecule has 4 aromatic rings. The smallest absolute Gasteiger partial charge is 0.249 e. The quantitative estimate of drug-likeness (QED) is 0.169. The Bertz CT molecular complexity index is 1670. The normalized spacial score (nSPS) is 15.5. The molecule has 1 atom stereocenters. The summed E-state index contributed by atoms with van der Waals surface area (Å²) in [6, 6.07) is 11.7. The Balaban J connectivity index is 1.50. The van der Waals surface area contributed by atoms with Crippen molar-refractivity contribution in [1.29, 1.82) is 0 Å². The lowest BCUT2D eigenvalue weighted by molar-refractivity contribution is 0.199. The maximum atomic E-state index is 15.1. The highest BCUT2D eigenvalue weighted by molar-refractivity contribution is 7.94. The third-order valence-corrected chi connectivity index (χ3v) is 9.25. The van der Waals surface area contributed by atoms with Gasteiger partial charge in [-0.2, -0.15) is 3.82 Å². The number of hydrogen-bond acceptors (Lipinski definition) is 9. The van der Waals surface area contributed by atoms with E-state index in [1.807, 2.05) is 13.0 Å². The highest BCUT2D eigenvalue weighted by Gasteiger charge is 2.27. The number of benzene rings is 2. The molecule has 0 unspecified atom stereocenters. The van der Waals surface area contributed by atoms with Gasteiger partial charge in [0.15, 0.2) is 0 Å². The number of aryl methyl sites for hydroxylation is 1. The van der Waals surface area contributed by atoms with Crippen LogP contribution >= 0.6 is 11.8 Å². The molecule has 3 heterocycles. The summed E-state index contributed by atoms with van der Waals surface area (Å²) in [7, 11) is -2.56. The second kappa shape index (κ2) is 13.2. The second-order valence-corrected chi connectivity index (χ2v) is 12.5. The molecule has 0 spiro atoms. The Labute approximate surface area is 249 Å². The van der Waals surface area contributed by atoms with E-state index < -0.39 is 15.8 Å². The van der Waals surface area contributed by atoms with Crippen molar-refractivity contribution < 1.29 is 22.3 Å². The van der Waals surface area contributed by atoms with Gasteiger partial charge in [-0.3, -0.25) is 0 Å². The minimum Gasteiger partial charge on any atom is -0.437 e. The number of nitrogens with zero attached hydrogens (tertiary/aromatic N) is 4. The molecule has 2 N–H and O–H groups in total. The zero-order chi connectivity index (χ0) is 29.7. The molecule has 1 fully saturated rings. The molecule has 2 aromatic heterocycles. The molecule has 0 saturated carbocycles. The van der Waals surface area contributed by atoms with Crippen molar-refractivity contribution in [3.63, 3.8) is 0 Å². The number of methoxy groups -OCH3 is 1. The number of nitrogens with one attached hydrogen (secondary N) is 2. The van der Waals surface area contributed by atoms with Crippen LogP contribution < -0.4 is 19.2 Å². The number of fused-ring (bicyclic) bond motifs is 1. The van der Waals surface area contributed by atoms with Crippen LogP contribution in [0, 0.1) is 12.7 Å². The van der Waals surface area contributed by atoms with Gasteiger partial charge in [-0.1, -0.05) is 12.1 Å². The molecular weight excluding hydrogens is 583 g/mol. The van der Waals surface area contributed by atoms with Gasteiger partial charge in [0.2, 0.25) is 21.9 Å². The monoisotopic (exact) mass is 614 g/mol. The first kappa shape index (κ1) is 29.9. The average Bonchev–Trinajstić information content (AvgIpc) is 2.99. The lowest BCUT2D eigenvalue weighted by atomic mass is 10.0. The fourth-order valence-corrected chi connectivity index (χ4v) is 6.35. The van der Waals surface area contributed by atoms with E-state index in [1.165, 1.54) is 19.2 Å². The maximum absolute atomic E-state index is 15.1. The molecule has 0 radical (unpaired) electrons. The van der Waals surface area contributed by atoms with Crippen LogP contribution in [0.25, 0.3) is 22.0 Å². The van der Waals surface area contributed by atoms with E-state index in [4.69, 9.17) is 26.2 Å². The fraction of sp³-hybridized carbons (Fsp3) is 0.345. The summed E-state index contributed by atoms with van der Waals surface area (Å²) in [6.07, 6.45) is 5.60. The zero-order valence-corrected chi connectivity index (χ0v) is 24.9. The summed E-state index contributed by atoms with van der Waals surface area (Å²) in [5.74, 6) is 0.0792. The fourth-order valence-electron chi connectivity index (χ4n) is 4.86. The molecule has 42 heavy (non-hydrogen) atoms. The molecule has 13 heteroatoms. The number of hydrogen-bond donors (Lipinski definition) is 2. The van der Waals surface area contributed by atoms with E-state index in [9.17, 15) is 8.42 Å². The van der Waals surface area contributed by atoms with E-state index in [1.54, 1.807) is 36.7 Å². The number of aromatic nitrogens is 3. The number of halogens is 2. The first-order chi connectivity index (χ1) is 20.3. The largest absolute Gasteiger partial charge is 0.437 e. The minimum atomic E-state index is -4.04. The van der Waals surface area contributed by atoms with E-state index in [0.29, 0.717) is 32.2 Å². The van der Waals surface area contributed by atoms with Gasteiger partial charge < -0.3 is 20.1 Å². The van der Waals surface area contributed by atoms with E-state index >= 15 is 4.39 Å². The summed E-state index contributed by atoms with van der Waals surface area (Å²) in [4.78, 5) is 13.6. The number of rotatable bonds is 11. The molecule has 1 aliphatic heterocycles. The molecule has 10 nitrogen and oxygen atoms in total. The molecule has 2 aromatic carbocycles. The number of sulfonamides is 1. The van der Waals surface area contributed by atoms with E-state index in [0.717, 1.165) is 31.5 Å². The first-order valence-corrected chi connectivity index (χ1v) is 15.6. The van der Waals surface area contributed by atoms with Gasteiger partial charge in [-0.05, 0) is 68.6 Å². The van der Waals surface area contributed by atoms with Crippen LogP contribution in [0.3, 0.4) is 0 Å². The lowest BCUT2D eigenvalue weighted by Gasteiger charge is -2.23. The molecule has 5 rings (SSSR count). The van der Waals surface area contributed by atoms with Gasteiger partial charge in [-0.25, -0.2) is 27.8 Å². The predicted octanol–water partition coefficient (Wildman–Crippen LogP) is 5.42. The highest BCUT2D eigenvalue weighted by atomic mass is 35.5. The van der Waals surface area contributed by atoms with Gasteiger partial charge >= 0.3 is 0 Å². The van der Waals surface area contributed by atoms with Crippen molar-refractivity contribution in [3.8, 4) is 22.9 Å².